The summed E-state index contributed by atoms with van der Waals surface area (Å²) in [5.74, 6) is 6.11. The average molecular weight is 248 g/mol. The largest absolute Gasteiger partial charge is 0.271 e. The summed E-state index contributed by atoms with van der Waals surface area (Å²) in [5.41, 5.74) is 2.68. The van der Waals surface area contributed by atoms with Gasteiger partial charge in [-0.3, -0.25) is 11.3 Å². The summed E-state index contributed by atoms with van der Waals surface area (Å²) in [6.07, 6.45) is 8.46. The van der Waals surface area contributed by atoms with Gasteiger partial charge in [0.1, 0.15) is 0 Å². The second-order valence-electron chi connectivity index (χ2n) is 5.05. The standard InChI is InChI=1S/C11H24N2O2S/c1-9(16(2,14)15)11(13-12)8-10-6-4-3-5-7-10/h9-11,13H,3-8,12H2,1-2H3. The van der Waals surface area contributed by atoms with E-state index in [1.807, 2.05) is 0 Å². The van der Waals surface area contributed by atoms with Gasteiger partial charge in [-0.2, -0.15) is 0 Å². The highest BCUT2D eigenvalue weighted by molar-refractivity contribution is 7.91. The first-order chi connectivity index (χ1) is 7.45. The molecule has 0 aliphatic heterocycles. The fraction of sp³-hybridized carbons (Fsp3) is 1.00. The monoisotopic (exact) mass is 248 g/mol. The van der Waals surface area contributed by atoms with Gasteiger partial charge in [0.15, 0.2) is 9.84 Å². The first-order valence-corrected chi connectivity index (χ1v) is 8.05. The maximum Gasteiger partial charge on any atom is 0.151 e. The third kappa shape index (κ3) is 4.03. The molecular weight excluding hydrogens is 224 g/mol. The first kappa shape index (κ1) is 13.9. The molecule has 16 heavy (non-hydrogen) atoms. The normalized spacial score (nSPS) is 22.9. The molecule has 1 aliphatic carbocycles. The third-order valence-electron chi connectivity index (χ3n) is 3.77. The number of hydrazine groups is 1. The molecule has 2 unspecified atom stereocenters. The van der Waals surface area contributed by atoms with E-state index in [0.29, 0.717) is 5.92 Å². The lowest BCUT2D eigenvalue weighted by Crippen LogP contribution is -2.47. The van der Waals surface area contributed by atoms with Gasteiger partial charge < -0.3 is 0 Å². The van der Waals surface area contributed by atoms with Crippen molar-refractivity contribution < 1.29 is 8.42 Å². The zero-order valence-electron chi connectivity index (χ0n) is 10.3. The number of rotatable bonds is 5. The maximum absolute atomic E-state index is 11.5. The van der Waals surface area contributed by atoms with Gasteiger partial charge >= 0.3 is 0 Å². The summed E-state index contributed by atoms with van der Waals surface area (Å²) in [5, 5.41) is -0.403. The highest BCUT2D eigenvalue weighted by atomic mass is 32.2. The molecule has 5 heteroatoms. The molecule has 0 amide bonds. The van der Waals surface area contributed by atoms with Crippen molar-refractivity contribution in [1.29, 1.82) is 0 Å². The van der Waals surface area contributed by atoms with Crippen LogP contribution in [0.25, 0.3) is 0 Å². The van der Waals surface area contributed by atoms with Crippen LogP contribution in [0.2, 0.25) is 0 Å². The van der Waals surface area contributed by atoms with Crippen molar-refractivity contribution in [1.82, 2.24) is 5.43 Å². The quantitative estimate of drug-likeness (QED) is 0.567. The smallest absolute Gasteiger partial charge is 0.151 e. The summed E-state index contributed by atoms with van der Waals surface area (Å²) in [7, 11) is -3.01. The highest BCUT2D eigenvalue weighted by Gasteiger charge is 2.28. The van der Waals surface area contributed by atoms with Crippen LogP contribution in [-0.2, 0) is 9.84 Å². The Balaban J connectivity index is 2.53. The van der Waals surface area contributed by atoms with E-state index in [9.17, 15) is 8.42 Å². The van der Waals surface area contributed by atoms with E-state index >= 15 is 0 Å². The Bertz CT molecular complexity index is 297. The number of hydrogen-bond acceptors (Lipinski definition) is 4. The van der Waals surface area contributed by atoms with Crippen LogP contribution in [0.3, 0.4) is 0 Å². The van der Waals surface area contributed by atoms with Gasteiger partial charge in [-0.25, -0.2) is 8.42 Å². The predicted molar refractivity (Wildman–Crippen MR) is 66.6 cm³/mol. The van der Waals surface area contributed by atoms with Crippen molar-refractivity contribution >= 4 is 9.84 Å². The lowest BCUT2D eigenvalue weighted by molar-refractivity contribution is 0.296. The summed E-state index contributed by atoms with van der Waals surface area (Å²) in [6.45, 7) is 1.74. The Hall–Kier alpha value is -0.130. The minimum absolute atomic E-state index is 0.113. The molecule has 1 rings (SSSR count). The first-order valence-electron chi connectivity index (χ1n) is 6.10. The van der Waals surface area contributed by atoms with Gasteiger partial charge in [0, 0.05) is 12.3 Å². The molecule has 0 aromatic carbocycles. The van der Waals surface area contributed by atoms with Gasteiger partial charge in [0.2, 0.25) is 0 Å². The van der Waals surface area contributed by atoms with Crippen LogP contribution >= 0.6 is 0 Å². The summed E-state index contributed by atoms with van der Waals surface area (Å²) in [4.78, 5) is 0. The molecule has 0 bridgehead atoms. The summed E-state index contributed by atoms with van der Waals surface area (Å²) in [6, 6.07) is -0.113. The van der Waals surface area contributed by atoms with E-state index in [0.717, 1.165) is 6.42 Å². The molecule has 0 saturated heterocycles. The molecule has 3 N–H and O–H groups in total. The molecule has 96 valence electrons. The van der Waals surface area contributed by atoms with Gasteiger partial charge in [-0.05, 0) is 19.3 Å². The molecule has 0 heterocycles. The Morgan fingerprint density at radius 2 is 1.88 bits per heavy atom. The molecule has 2 atom stereocenters. The maximum atomic E-state index is 11.5. The van der Waals surface area contributed by atoms with Crippen LogP contribution in [0.4, 0.5) is 0 Å². The summed E-state index contributed by atoms with van der Waals surface area (Å²) >= 11 is 0. The average Bonchev–Trinajstić information content (AvgIpc) is 2.25. The lowest BCUT2D eigenvalue weighted by atomic mass is 9.84. The summed E-state index contributed by atoms with van der Waals surface area (Å²) < 4.78 is 23.0. The third-order valence-corrected chi connectivity index (χ3v) is 5.45. The molecule has 0 spiro atoms. The van der Waals surface area contributed by atoms with Crippen LogP contribution in [0.15, 0.2) is 0 Å². The molecule has 0 aromatic rings. The number of sulfone groups is 1. The number of nitrogens with one attached hydrogen (secondary N) is 1. The van der Waals surface area contributed by atoms with E-state index in [1.54, 1.807) is 6.92 Å². The van der Waals surface area contributed by atoms with Crippen LogP contribution < -0.4 is 11.3 Å². The van der Waals surface area contributed by atoms with Crippen molar-refractivity contribution in [2.45, 2.75) is 56.7 Å². The fourth-order valence-corrected chi connectivity index (χ4v) is 3.26. The van der Waals surface area contributed by atoms with Crippen molar-refractivity contribution in [3.8, 4) is 0 Å². The number of nitrogens with two attached hydrogens (primary N) is 1. The SMILES string of the molecule is CC(C(CC1CCCCC1)NN)S(C)(=O)=O. The van der Waals surface area contributed by atoms with Crippen LogP contribution in [0, 0.1) is 5.92 Å². The van der Waals surface area contributed by atoms with E-state index in [4.69, 9.17) is 5.84 Å². The second-order valence-corrected chi connectivity index (χ2v) is 7.45. The zero-order valence-corrected chi connectivity index (χ0v) is 11.1. The van der Waals surface area contributed by atoms with Crippen LogP contribution in [0.1, 0.15) is 45.4 Å². The Labute approximate surface area is 98.9 Å². The number of hydrogen-bond donors (Lipinski definition) is 2. The molecule has 1 fully saturated rings. The van der Waals surface area contributed by atoms with E-state index in [-0.39, 0.29) is 6.04 Å². The highest BCUT2D eigenvalue weighted by Crippen LogP contribution is 2.28. The fourth-order valence-electron chi connectivity index (χ4n) is 2.48. The predicted octanol–water partition coefficient (Wildman–Crippen LogP) is 1.22. The zero-order chi connectivity index (χ0) is 12.2. The van der Waals surface area contributed by atoms with Crippen LogP contribution in [0.5, 0.6) is 0 Å². The topological polar surface area (TPSA) is 72.2 Å². The van der Waals surface area contributed by atoms with E-state index in [1.165, 1.54) is 38.4 Å². The van der Waals surface area contributed by atoms with Crippen molar-refractivity contribution in [3.63, 3.8) is 0 Å². The minimum Gasteiger partial charge on any atom is -0.271 e. The van der Waals surface area contributed by atoms with Gasteiger partial charge in [-0.1, -0.05) is 32.1 Å². The van der Waals surface area contributed by atoms with Gasteiger partial charge in [0.05, 0.1) is 5.25 Å². The molecule has 1 saturated carbocycles. The Morgan fingerprint density at radius 3 is 2.31 bits per heavy atom. The molecule has 4 nitrogen and oxygen atoms in total. The van der Waals surface area contributed by atoms with Gasteiger partial charge in [-0.15, -0.1) is 0 Å². The van der Waals surface area contributed by atoms with Crippen LogP contribution in [-0.4, -0.2) is 26.0 Å². The van der Waals surface area contributed by atoms with E-state index in [2.05, 4.69) is 5.43 Å². The Morgan fingerprint density at radius 1 is 1.31 bits per heavy atom. The second kappa shape index (κ2) is 5.98. The molecular formula is C11H24N2O2S. The van der Waals surface area contributed by atoms with Crippen molar-refractivity contribution in [2.75, 3.05) is 6.26 Å². The Kier molecular flexibility index (Phi) is 5.21. The molecule has 0 radical (unpaired) electrons. The lowest BCUT2D eigenvalue weighted by Gasteiger charge is -2.28. The molecule has 1 aliphatic rings. The van der Waals surface area contributed by atoms with Crippen molar-refractivity contribution in [2.24, 2.45) is 11.8 Å². The van der Waals surface area contributed by atoms with Gasteiger partial charge in [0.25, 0.3) is 0 Å². The molecule has 0 aromatic heterocycles. The van der Waals surface area contributed by atoms with E-state index < -0.39 is 15.1 Å². The van der Waals surface area contributed by atoms with Crippen molar-refractivity contribution in [3.05, 3.63) is 0 Å². The minimum atomic E-state index is -3.01.